The number of hydrogen-bond acceptors (Lipinski definition) is 2. The van der Waals surface area contributed by atoms with E-state index in [-0.39, 0.29) is 6.04 Å². The van der Waals surface area contributed by atoms with Gasteiger partial charge in [0.15, 0.2) is 0 Å². The minimum atomic E-state index is 0.122. The molecule has 16 heavy (non-hydrogen) atoms. The molecule has 0 saturated carbocycles. The maximum absolute atomic E-state index is 6.03. The van der Waals surface area contributed by atoms with Crippen LogP contribution in [-0.2, 0) is 6.54 Å². The Balaban J connectivity index is 2.55. The van der Waals surface area contributed by atoms with E-state index < -0.39 is 0 Å². The Morgan fingerprint density at radius 2 is 2.12 bits per heavy atom. The Morgan fingerprint density at radius 1 is 1.38 bits per heavy atom. The summed E-state index contributed by atoms with van der Waals surface area (Å²) in [7, 11) is 0. The van der Waals surface area contributed by atoms with Gasteiger partial charge in [0.1, 0.15) is 5.82 Å². The quantitative estimate of drug-likeness (QED) is 0.859. The number of hydrogen-bond donors (Lipinski definition) is 1. The minimum Gasteiger partial charge on any atom is -0.329 e. The number of fused-ring (bicyclic) bond motifs is 1. The van der Waals surface area contributed by atoms with E-state index in [0.717, 1.165) is 24.3 Å². The third-order valence-electron chi connectivity index (χ3n) is 3.15. The van der Waals surface area contributed by atoms with E-state index in [1.807, 2.05) is 6.92 Å². The summed E-state index contributed by atoms with van der Waals surface area (Å²) in [5.41, 5.74) is 9.46. The molecule has 0 fully saturated rings. The summed E-state index contributed by atoms with van der Waals surface area (Å²) < 4.78 is 2.22. The van der Waals surface area contributed by atoms with Crippen molar-refractivity contribution in [1.29, 1.82) is 0 Å². The summed E-state index contributed by atoms with van der Waals surface area (Å²) in [4.78, 5) is 4.57. The van der Waals surface area contributed by atoms with Crippen LogP contribution in [0.5, 0.6) is 0 Å². The van der Waals surface area contributed by atoms with Gasteiger partial charge < -0.3 is 10.3 Å². The molecule has 0 radical (unpaired) electrons. The van der Waals surface area contributed by atoms with Crippen molar-refractivity contribution in [1.82, 2.24) is 9.55 Å². The van der Waals surface area contributed by atoms with Crippen LogP contribution in [0, 0.1) is 6.92 Å². The minimum absolute atomic E-state index is 0.122. The summed E-state index contributed by atoms with van der Waals surface area (Å²) in [6.45, 7) is 7.25. The number of aromatic nitrogens is 2. The molecule has 0 aliphatic carbocycles. The Labute approximate surface area is 96.3 Å². The third kappa shape index (κ3) is 1.71. The van der Waals surface area contributed by atoms with E-state index in [2.05, 4.69) is 41.6 Å². The second-order valence-electron chi connectivity index (χ2n) is 4.17. The van der Waals surface area contributed by atoms with Gasteiger partial charge in [-0.2, -0.15) is 0 Å². The van der Waals surface area contributed by atoms with Crippen molar-refractivity contribution in [2.45, 2.75) is 39.8 Å². The van der Waals surface area contributed by atoms with Crippen LogP contribution in [0.1, 0.15) is 37.7 Å². The zero-order valence-electron chi connectivity index (χ0n) is 10.2. The fourth-order valence-electron chi connectivity index (χ4n) is 2.13. The molecule has 2 N–H and O–H groups in total. The third-order valence-corrected chi connectivity index (χ3v) is 3.15. The lowest BCUT2D eigenvalue weighted by molar-refractivity contribution is 0.699. The predicted octanol–water partition coefficient (Wildman–Crippen LogP) is 2.77. The first kappa shape index (κ1) is 11.1. The molecule has 1 aromatic carbocycles. The number of aryl methyl sites for hydroxylation is 2. The first-order chi connectivity index (χ1) is 7.67. The van der Waals surface area contributed by atoms with E-state index in [0.29, 0.717) is 0 Å². The lowest BCUT2D eigenvalue weighted by Gasteiger charge is -2.09. The maximum atomic E-state index is 6.03. The molecule has 0 aliphatic rings. The highest BCUT2D eigenvalue weighted by Gasteiger charge is 2.09. The van der Waals surface area contributed by atoms with Crippen molar-refractivity contribution in [2.75, 3.05) is 0 Å². The average molecular weight is 217 g/mol. The van der Waals surface area contributed by atoms with Crippen molar-refractivity contribution >= 4 is 11.0 Å². The molecule has 2 rings (SSSR count). The highest BCUT2D eigenvalue weighted by atomic mass is 15.1. The Morgan fingerprint density at radius 3 is 2.75 bits per heavy atom. The fraction of sp³-hybridized carbons (Fsp3) is 0.462. The maximum Gasteiger partial charge on any atom is 0.106 e. The highest BCUT2D eigenvalue weighted by molar-refractivity contribution is 5.77. The van der Waals surface area contributed by atoms with E-state index in [1.165, 1.54) is 11.1 Å². The molecule has 1 unspecified atom stereocenters. The summed E-state index contributed by atoms with van der Waals surface area (Å²) in [5, 5.41) is 0. The van der Waals surface area contributed by atoms with E-state index in [9.17, 15) is 0 Å². The number of imidazole rings is 1. The first-order valence-electron chi connectivity index (χ1n) is 5.89. The largest absolute Gasteiger partial charge is 0.329 e. The summed E-state index contributed by atoms with van der Waals surface area (Å²) >= 11 is 0. The van der Waals surface area contributed by atoms with Gasteiger partial charge in [0, 0.05) is 12.6 Å². The van der Waals surface area contributed by atoms with Gasteiger partial charge in [0.2, 0.25) is 0 Å². The van der Waals surface area contributed by atoms with Gasteiger partial charge in [-0.1, -0.05) is 13.0 Å². The predicted molar refractivity (Wildman–Crippen MR) is 67.4 cm³/mol. The molecule has 0 spiro atoms. The van der Waals surface area contributed by atoms with Crippen LogP contribution in [0.25, 0.3) is 11.0 Å². The summed E-state index contributed by atoms with van der Waals surface area (Å²) in [6.07, 6.45) is 0.957. The fourth-order valence-corrected chi connectivity index (χ4v) is 2.13. The van der Waals surface area contributed by atoms with Crippen molar-refractivity contribution < 1.29 is 0 Å². The number of nitrogens with zero attached hydrogens (tertiary/aromatic N) is 2. The first-order valence-corrected chi connectivity index (χ1v) is 5.89. The van der Waals surface area contributed by atoms with Crippen LogP contribution in [-0.4, -0.2) is 9.55 Å². The molecular weight excluding hydrogens is 198 g/mol. The normalized spacial score (nSPS) is 13.2. The van der Waals surface area contributed by atoms with Crippen LogP contribution >= 0.6 is 0 Å². The molecule has 3 nitrogen and oxygen atoms in total. The second kappa shape index (κ2) is 4.26. The molecule has 1 aromatic heterocycles. The molecule has 3 heteroatoms. The van der Waals surface area contributed by atoms with Crippen molar-refractivity contribution in [3.63, 3.8) is 0 Å². The van der Waals surface area contributed by atoms with Gasteiger partial charge in [-0.15, -0.1) is 0 Å². The van der Waals surface area contributed by atoms with Crippen LogP contribution in [0.2, 0.25) is 0 Å². The topological polar surface area (TPSA) is 43.8 Å². The average Bonchev–Trinajstić information content (AvgIpc) is 2.62. The lowest BCUT2D eigenvalue weighted by Crippen LogP contribution is -2.08. The molecule has 2 aromatic rings. The molecule has 0 aliphatic heterocycles. The summed E-state index contributed by atoms with van der Waals surface area (Å²) in [5.74, 6) is 1.07. The van der Waals surface area contributed by atoms with Gasteiger partial charge in [-0.05, 0) is 38.0 Å². The Kier molecular flexibility index (Phi) is 2.97. The molecule has 1 heterocycles. The molecule has 0 bridgehead atoms. The Bertz CT molecular complexity index is 499. The molecule has 1 atom stereocenters. The Hall–Kier alpha value is -1.35. The molecule has 86 valence electrons. The molecular formula is C13H19N3. The number of rotatable bonds is 3. The SMILES string of the molecule is CCC(N)c1ccc2c(c1)nc(C)n2CC. The van der Waals surface area contributed by atoms with E-state index in [1.54, 1.807) is 0 Å². The van der Waals surface area contributed by atoms with E-state index >= 15 is 0 Å². The van der Waals surface area contributed by atoms with Crippen LogP contribution in [0.4, 0.5) is 0 Å². The van der Waals surface area contributed by atoms with Gasteiger partial charge in [0.05, 0.1) is 11.0 Å². The van der Waals surface area contributed by atoms with Gasteiger partial charge in [-0.25, -0.2) is 4.98 Å². The second-order valence-corrected chi connectivity index (χ2v) is 4.17. The van der Waals surface area contributed by atoms with Gasteiger partial charge >= 0.3 is 0 Å². The van der Waals surface area contributed by atoms with Crippen molar-refractivity contribution in [3.05, 3.63) is 29.6 Å². The number of nitrogens with two attached hydrogens (primary N) is 1. The summed E-state index contributed by atoms with van der Waals surface area (Å²) in [6, 6.07) is 6.48. The molecule has 0 saturated heterocycles. The monoisotopic (exact) mass is 217 g/mol. The van der Waals surface area contributed by atoms with Crippen molar-refractivity contribution in [3.8, 4) is 0 Å². The van der Waals surface area contributed by atoms with Crippen molar-refractivity contribution in [2.24, 2.45) is 5.73 Å². The van der Waals surface area contributed by atoms with Gasteiger partial charge in [0.25, 0.3) is 0 Å². The van der Waals surface area contributed by atoms with E-state index in [4.69, 9.17) is 5.73 Å². The number of benzene rings is 1. The zero-order chi connectivity index (χ0) is 11.7. The zero-order valence-corrected chi connectivity index (χ0v) is 10.2. The van der Waals surface area contributed by atoms with Crippen LogP contribution in [0.3, 0.4) is 0 Å². The molecule has 0 amide bonds. The highest BCUT2D eigenvalue weighted by Crippen LogP contribution is 2.21. The smallest absolute Gasteiger partial charge is 0.106 e. The standard InChI is InChI=1S/C13H19N3/c1-4-11(14)10-6-7-13-12(8-10)15-9(3)16(13)5-2/h6-8,11H,4-5,14H2,1-3H3. The lowest BCUT2D eigenvalue weighted by atomic mass is 10.1. The van der Waals surface area contributed by atoms with Crippen LogP contribution < -0.4 is 5.73 Å². The van der Waals surface area contributed by atoms with Crippen LogP contribution in [0.15, 0.2) is 18.2 Å². The van der Waals surface area contributed by atoms with Gasteiger partial charge in [-0.3, -0.25) is 0 Å².